The molecule has 0 bridgehead atoms. The Labute approximate surface area is 137 Å². The maximum absolute atomic E-state index is 11.0. The van der Waals surface area contributed by atoms with Gasteiger partial charge in [-0.15, -0.1) is 0 Å². The van der Waals surface area contributed by atoms with Gasteiger partial charge in [0.1, 0.15) is 0 Å². The molecule has 1 aliphatic heterocycles. The number of benzene rings is 1. The van der Waals surface area contributed by atoms with Gasteiger partial charge in [0.15, 0.2) is 0 Å². The summed E-state index contributed by atoms with van der Waals surface area (Å²) in [4.78, 5) is 13.5. The summed E-state index contributed by atoms with van der Waals surface area (Å²) in [5.74, 6) is 0.647. The molecule has 1 aliphatic rings. The van der Waals surface area contributed by atoms with Crippen LogP contribution in [0, 0.1) is 5.92 Å². The van der Waals surface area contributed by atoms with Crippen molar-refractivity contribution in [2.45, 2.75) is 26.4 Å². The number of likely N-dealkylation sites (tertiary alicyclic amines) is 1. The minimum atomic E-state index is 0.0659. The number of carbonyl (C=O) groups is 1. The number of rotatable bonds is 6. The van der Waals surface area contributed by atoms with Gasteiger partial charge in [0.25, 0.3) is 0 Å². The fourth-order valence-corrected chi connectivity index (χ4v) is 3.10. The van der Waals surface area contributed by atoms with Crippen molar-refractivity contribution < 1.29 is 4.79 Å². The minimum Gasteiger partial charge on any atom is -0.356 e. The van der Waals surface area contributed by atoms with Crippen LogP contribution in [0.1, 0.15) is 24.5 Å². The molecule has 1 aromatic heterocycles. The van der Waals surface area contributed by atoms with E-state index in [0.29, 0.717) is 5.92 Å². The molecule has 2 heterocycles. The topological polar surface area (TPSA) is 50.2 Å². The van der Waals surface area contributed by atoms with Crippen LogP contribution in [-0.2, 0) is 17.9 Å². The van der Waals surface area contributed by atoms with Gasteiger partial charge in [0, 0.05) is 39.0 Å². The van der Waals surface area contributed by atoms with Gasteiger partial charge in [-0.2, -0.15) is 5.10 Å². The van der Waals surface area contributed by atoms with E-state index in [1.54, 1.807) is 13.1 Å². The van der Waals surface area contributed by atoms with Crippen LogP contribution in [0.3, 0.4) is 0 Å². The molecule has 0 aliphatic carbocycles. The zero-order chi connectivity index (χ0) is 16.1. The molecular formula is C18H24N4O. The Kier molecular flexibility index (Phi) is 5.08. The molecule has 1 saturated heterocycles. The number of nitrogens with zero attached hydrogens (tertiary/aromatic N) is 3. The highest BCUT2D eigenvalue weighted by Gasteiger charge is 2.22. The summed E-state index contributed by atoms with van der Waals surface area (Å²) in [5, 5.41) is 7.16. The van der Waals surface area contributed by atoms with Gasteiger partial charge >= 0.3 is 0 Å². The number of nitrogens with one attached hydrogen (secondary N) is 1. The van der Waals surface area contributed by atoms with Crippen LogP contribution < -0.4 is 5.32 Å². The third kappa shape index (κ3) is 4.66. The molecule has 23 heavy (non-hydrogen) atoms. The Morgan fingerprint density at radius 3 is 2.65 bits per heavy atom. The maximum atomic E-state index is 11.0. The van der Waals surface area contributed by atoms with Crippen LogP contribution in [0.2, 0.25) is 0 Å². The predicted octanol–water partition coefficient (Wildman–Crippen LogP) is 1.89. The lowest BCUT2D eigenvalue weighted by Crippen LogP contribution is -2.29. The van der Waals surface area contributed by atoms with Crippen molar-refractivity contribution in [1.82, 2.24) is 20.0 Å². The summed E-state index contributed by atoms with van der Waals surface area (Å²) in [6, 6.07) is 10.7. The van der Waals surface area contributed by atoms with E-state index in [2.05, 4.69) is 39.6 Å². The van der Waals surface area contributed by atoms with Crippen LogP contribution in [-0.4, -0.2) is 40.2 Å². The summed E-state index contributed by atoms with van der Waals surface area (Å²) in [7, 11) is 0. The smallest absolute Gasteiger partial charge is 0.216 e. The van der Waals surface area contributed by atoms with E-state index in [0.717, 1.165) is 39.1 Å². The van der Waals surface area contributed by atoms with Crippen molar-refractivity contribution in [2.75, 3.05) is 19.6 Å². The average Bonchev–Trinajstić information content (AvgIpc) is 3.19. The van der Waals surface area contributed by atoms with Crippen molar-refractivity contribution in [3.63, 3.8) is 0 Å². The Morgan fingerprint density at radius 2 is 2.00 bits per heavy atom. The first-order valence-corrected chi connectivity index (χ1v) is 8.21. The second kappa shape index (κ2) is 7.42. The van der Waals surface area contributed by atoms with Crippen LogP contribution >= 0.6 is 0 Å². The number of aromatic nitrogens is 2. The zero-order valence-corrected chi connectivity index (χ0v) is 13.6. The summed E-state index contributed by atoms with van der Waals surface area (Å²) >= 11 is 0. The van der Waals surface area contributed by atoms with Gasteiger partial charge in [-0.3, -0.25) is 14.4 Å². The van der Waals surface area contributed by atoms with Gasteiger partial charge in [0.05, 0.1) is 6.54 Å². The van der Waals surface area contributed by atoms with Gasteiger partial charge in [-0.05, 0) is 36.1 Å². The summed E-state index contributed by atoms with van der Waals surface area (Å²) in [6.45, 7) is 6.36. The van der Waals surface area contributed by atoms with E-state index in [-0.39, 0.29) is 5.91 Å². The van der Waals surface area contributed by atoms with Crippen LogP contribution in [0.4, 0.5) is 0 Å². The SMILES string of the molecule is CC(=O)NCC1CCN(Cc2ccc(Cn3cccn3)cc2)C1. The highest BCUT2D eigenvalue weighted by atomic mass is 16.1. The Morgan fingerprint density at radius 1 is 1.26 bits per heavy atom. The molecule has 0 radical (unpaired) electrons. The van der Waals surface area contributed by atoms with Crippen molar-refractivity contribution in [2.24, 2.45) is 5.92 Å². The van der Waals surface area contributed by atoms with E-state index in [4.69, 9.17) is 0 Å². The van der Waals surface area contributed by atoms with Crippen molar-refractivity contribution >= 4 is 5.91 Å². The monoisotopic (exact) mass is 312 g/mol. The standard InChI is InChI=1S/C18H24N4O/c1-15(23)19-11-18-7-10-21(13-18)12-16-3-5-17(6-4-16)14-22-9-2-8-20-22/h2-6,8-9,18H,7,10-14H2,1H3,(H,19,23). The lowest BCUT2D eigenvalue weighted by atomic mass is 10.1. The fourth-order valence-electron chi connectivity index (χ4n) is 3.10. The molecule has 3 rings (SSSR count). The first kappa shape index (κ1) is 15.7. The lowest BCUT2D eigenvalue weighted by Gasteiger charge is -2.16. The van der Waals surface area contributed by atoms with E-state index >= 15 is 0 Å². The molecule has 5 nitrogen and oxygen atoms in total. The van der Waals surface area contributed by atoms with Crippen LogP contribution in [0.5, 0.6) is 0 Å². The molecule has 2 aromatic rings. The molecule has 1 fully saturated rings. The molecule has 1 N–H and O–H groups in total. The number of hydrogen-bond acceptors (Lipinski definition) is 3. The van der Waals surface area contributed by atoms with Crippen LogP contribution in [0.15, 0.2) is 42.7 Å². The summed E-state index contributed by atoms with van der Waals surface area (Å²) < 4.78 is 1.93. The molecular weight excluding hydrogens is 288 g/mol. The molecule has 122 valence electrons. The first-order valence-electron chi connectivity index (χ1n) is 8.21. The zero-order valence-electron chi connectivity index (χ0n) is 13.6. The van der Waals surface area contributed by atoms with E-state index in [1.807, 2.05) is 16.9 Å². The third-order valence-corrected chi connectivity index (χ3v) is 4.34. The van der Waals surface area contributed by atoms with Crippen molar-refractivity contribution in [3.8, 4) is 0 Å². The van der Waals surface area contributed by atoms with E-state index in [1.165, 1.54) is 11.1 Å². The molecule has 1 amide bonds. The van der Waals surface area contributed by atoms with Crippen LogP contribution in [0.25, 0.3) is 0 Å². The second-order valence-electron chi connectivity index (χ2n) is 6.35. The van der Waals surface area contributed by atoms with Gasteiger partial charge in [0.2, 0.25) is 5.91 Å². The quantitative estimate of drug-likeness (QED) is 0.886. The highest BCUT2D eigenvalue weighted by molar-refractivity contribution is 5.72. The van der Waals surface area contributed by atoms with Crippen molar-refractivity contribution in [1.29, 1.82) is 0 Å². The molecule has 1 aromatic carbocycles. The third-order valence-electron chi connectivity index (χ3n) is 4.34. The van der Waals surface area contributed by atoms with Crippen molar-refractivity contribution in [3.05, 3.63) is 53.9 Å². The fraction of sp³-hybridized carbons (Fsp3) is 0.444. The number of carbonyl (C=O) groups excluding carboxylic acids is 1. The van der Waals surface area contributed by atoms with E-state index in [9.17, 15) is 4.79 Å². The Hall–Kier alpha value is -2.14. The largest absolute Gasteiger partial charge is 0.356 e. The Balaban J connectivity index is 1.48. The molecule has 5 heteroatoms. The maximum Gasteiger partial charge on any atom is 0.216 e. The summed E-state index contributed by atoms with van der Waals surface area (Å²) in [5.41, 5.74) is 2.61. The van der Waals surface area contributed by atoms with Gasteiger partial charge in [-0.25, -0.2) is 0 Å². The van der Waals surface area contributed by atoms with Gasteiger partial charge in [-0.1, -0.05) is 24.3 Å². The Bertz CT molecular complexity index is 621. The van der Waals surface area contributed by atoms with Gasteiger partial charge < -0.3 is 5.32 Å². The highest BCUT2D eigenvalue weighted by Crippen LogP contribution is 2.18. The minimum absolute atomic E-state index is 0.0659. The number of amides is 1. The molecule has 0 spiro atoms. The first-order chi connectivity index (χ1) is 11.2. The molecule has 1 atom stereocenters. The average molecular weight is 312 g/mol. The second-order valence-corrected chi connectivity index (χ2v) is 6.35. The number of hydrogen-bond donors (Lipinski definition) is 1. The normalized spacial score (nSPS) is 18.2. The predicted molar refractivity (Wildman–Crippen MR) is 89.8 cm³/mol. The van der Waals surface area contributed by atoms with E-state index < -0.39 is 0 Å². The molecule has 0 saturated carbocycles. The molecule has 1 unspecified atom stereocenters. The summed E-state index contributed by atoms with van der Waals surface area (Å²) in [6.07, 6.45) is 4.95. The lowest BCUT2D eigenvalue weighted by molar-refractivity contribution is -0.119.